The average Bonchev–Trinajstić information content (AvgIpc) is 2.52. The van der Waals surface area contributed by atoms with E-state index in [-0.39, 0.29) is 5.89 Å². The number of hydrogen-bond donors (Lipinski definition) is 2. The molecule has 0 unspecified atom stereocenters. The van der Waals surface area contributed by atoms with Gasteiger partial charge in [-0.05, 0) is 18.9 Å². The molecule has 0 spiro atoms. The van der Waals surface area contributed by atoms with Crippen molar-refractivity contribution in [3.05, 3.63) is 11.7 Å². The maximum absolute atomic E-state index is 9.49. The fourth-order valence-corrected chi connectivity index (χ4v) is 1.13. The van der Waals surface area contributed by atoms with Crippen molar-refractivity contribution in [2.75, 3.05) is 6.54 Å². The van der Waals surface area contributed by atoms with Gasteiger partial charge in [-0.25, -0.2) is 0 Å². The van der Waals surface area contributed by atoms with E-state index < -0.39 is 6.10 Å². The van der Waals surface area contributed by atoms with Crippen LogP contribution in [0.25, 0.3) is 0 Å². The van der Waals surface area contributed by atoms with Gasteiger partial charge in [-0.2, -0.15) is 4.98 Å². The molecule has 0 saturated heterocycles. The van der Waals surface area contributed by atoms with Crippen LogP contribution in [0.3, 0.4) is 0 Å². The van der Waals surface area contributed by atoms with E-state index in [2.05, 4.69) is 24.0 Å². The Bertz CT molecular complexity index is 273. The molecule has 5 nitrogen and oxygen atoms in total. The summed E-state index contributed by atoms with van der Waals surface area (Å²) in [7, 11) is 0. The lowest BCUT2D eigenvalue weighted by Gasteiger charge is -2.01. The van der Waals surface area contributed by atoms with Gasteiger partial charge >= 0.3 is 0 Å². The first-order valence-electron chi connectivity index (χ1n) is 4.84. The molecule has 1 rings (SSSR count). The van der Waals surface area contributed by atoms with E-state index in [4.69, 9.17) is 10.3 Å². The molecule has 14 heavy (non-hydrogen) atoms. The van der Waals surface area contributed by atoms with Crippen LogP contribution in [0.5, 0.6) is 0 Å². The van der Waals surface area contributed by atoms with Crippen molar-refractivity contribution in [1.82, 2.24) is 10.1 Å². The summed E-state index contributed by atoms with van der Waals surface area (Å²) in [6.45, 7) is 4.56. The van der Waals surface area contributed by atoms with E-state index in [1.54, 1.807) is 0 Å². The van der Waals surface area contributed by atoms with Crippen LogP contribution in [0.15, 0.2) is 4.52 Å². The third-order valence-corrected chi connectivity index (χ3v) is 1.80. The molecule has 0 aromatic carbocycles. The SMILES string of the molecule is CC(C)Cc1noc([C@@H](O)CCN)n1. The third kappa shape index (κ3) is 3.08. The lowest BCUT2D eigenvalue weighted by atomic mass is 10.1. The van der Waals surface area contributed by atoms with Crippen LogP contribution in [0.4, 0.5) is 0 Å². The van der Waals surface area contributed by atoms with E-state index in [1.165, 1.54) is 0 Å². The van der Waals surface area contributed by atoms with Crippen molar-refractivity contribution in [3.8, 4) is 0 Å². The quantitative estimate of drug-likeness (QED) is 0.727. The van der Waals surface area contributed by atoms with E-state index in [9.17, 15) is 5.11 Å². The van der Waals surface area contributed by atoms with Crippen LogP contribution in [-0.2, 0) is 6.42 Å². The molecule has 0 fully saturated rings. The molecule has 3 N–H and O–H groups in total. The Balaban J connectivity index is 2.58. The van der Waals surface area contributed by atoms with E-state index in [0.29, 0.717) is 24.7 Å². The second kappa shape index (κ2) is 5.07. The second-order valence-electron chi connectivity index (χ2n) is 3.74. The summed E-state index contributed by atoms with van der Waals surface area (Å²) in [4.78, 5) is 4.09. The molecule has 0 amide bonds. The van der Waals surface area contributed by atoms with Crippen LogP contribution >= 0.6 is 0 Å². The fraction of sp³-hybridized carbons (Fsp3) is 0.778. The normalized spacial score (nSPS) is 13.5. The zero-order valence-electron chi connectivity index (χ0n) is 8.60. The predicted octanol–water partition coefficient (Wildman–Crippen LogP) is 0.650. The summed E-state index contributed by atoms with van der Waals surface area (Å²) in [5, 5.41) is 13.3. The highest BCUT2D eigenvalue weighted by molar-refractivity contribution is 4.90. The number of aromatic nitrogens is 2. The van der Waals surface area contributed by atoms with Gasteiger partial charge in [-0.15, -0.1) is 0 Å². The summed E-state index contributed by atoms with van der Waals surface area (Å²) in [5.41, 5.74) is 5.30. The molecule has 1 heterocycles. The van der Waals surface area contributed by atoms with Crippen molar-refractivity contribution < 1.29 is 9.63 Å². The van der Waals surface area contributed by atoms with Crippen molar-refractivity contribution in [2.45, 2.75) is 32.8 Å². The summed E-state index contributed by atoms with van der Waals surface area (Å²) in [6.07, 6.45) is 0.482. The monoisotopic (exact) mass is 199 g/mol. The van der Waals surface area contributed by atoms with Crippen LogP contribution < -0.4 is 5.73 Å². The van der Waals surface area contributed by atoms with Crippen LogP contribution in [0, 0.1) is 5.92 Å². The number of nitrogens with zero attached hydrogens (tertiary/aromatic N) is 2. The highest BCUT2D eigenvalue weighted by Crippen LogP contribution is 2.14. The maximum atomic E-state index is 9.49. The minimum Gasteiger partial charge on any atom is -0.383 e. The lowest BCUT2D eigenvalue weighted by Crippen LogP contribution is -2.07. The lowest BCUT2D eigenvalue weighted by molar-refractivity contribution is 0.127. The molecule has 0 bridgehead atoms. The highest BCUT2D eigenvalue weighted by Gasteiger charge is 2.15. The number of hydrogen-bond acceptors (Lipinski definition) is 5. The molecular weight excluding hydrogens is 182 g/mol. The minimum atomic E-state index is -0.728. The molecule has 1 atom stereocenters. The van der Waals surface area contributed by atoms with Crippen molar-refractivity contribution >= 4 is 0 Å². The first-order chi connectivity index (χ1) is 6.63. The standard InChI is InChI=1S/C9H17N3O2/c1-6(2)5-8-11-9(14-12-8)7(13)3-4-10/h6-7,13H,3-5,10H2,1-2H3/t7-/m0/s1. The van der Waals surface area contributed by atoms with Crippen molar-refractivity contribution in [1.29, 1.82) is 0 Å². The number of nitrogens with two attached hydrogens (primary N) is 1. The summed E-state index contributed by atoms with van der Waals surface area (Å²) < 4.78 is 4.91. The van der Waals surface area contributed by atoms with Gasteiger partial charge in [0.05, 0.1) is 0 Å². The topological polar surface area (TPSA) is 85.2 Å². The Labute approximate surface area is 83.3 Å². The van der Waals surface area contributed by atoms with Gasteiger partial charge in [0.2, 0.25) is 0 Å². The third-order valence-electron chi connectivity index (χ3n) is 1.80. The average molecular weight is 199 g/mol. The van der Waals surface area contributed by atoms with E-state index in [1.807, 2.05) is 0 Å². The molecule has 1 aromatic heterocycles. The first kappa shape index (κ1) is 11.1. The zero-order valence-corrected chi connectivity index (χ0v) is 8.60. The van der Waals surface area contributed by atoms with Crippen molar-refractivity contribution in [2.24, 2.45) is 11.7 Å². The highest BCUT2D eigenvalue weighted by atomic mass is 16.5. The summed E-state index contributed by atoms with van der Waals surface area (Å²) >= 11 is 0. The smallest absolute Gasteiger partial charge is 0.255 e. The van der Waals surface area contributed by atoms with Gasteiger partial charge < -0.3 is 15.4 Å². The van der Waals surface area contributed by atoms with Gasteiger partial charge in [0, 0.05) is 6.42 Å². The van der Waals surface area contributed by atoms with E-state index >= 15 is 0 Å². The molecule has 80 valence electrons. The van der Waals surface area contributed by atoms with Gasteiger partial charge in [0.15, 0.2) is 5.82 Å². The summed E-state index contributed by atoms with van der Waals surface area (Å²) in [5.74, 6) is 1.39. The molecule has 1 aromatic rings. The van der Waals surface area contributed by atoms with Crippen LogP contribution in [0.1, 0.15) is 38.1 Å². The van der Waals surface area contributed by atoms with E-state index in [0.717, 1.165) is 6.42 Å². The Morgan fingerprint density at radius 3 is 2.79 bits per heavy atom. The Morgan fingerprint density at radius 2 is 2.21 bits per heavy atom. The Kier molecular flexibility index (Phi) is 4.03. The van der Waals surface area contributed by atoms with Gasteiger partial charge in [-0.1, -0.05) is 19.0 Å². The first-order valence-corrected chi connectivity index (χ1v) is 4.84. The van der Waals surface area contributed by atoms with Gasteiger partial charge in [0.1, 0.15) is 6.10 Å². The molecule has 0 aliphatic carbocycles. The number of rotatable bonds is 5. The van der Waals surface area contributed by atoms with Gasteiger partial charge in [0.25, 0.3) is 5.89 Å². The Morgan fingerprint density at radius 1 is 1.50 bits per heavy atom. The minimum absolute atomic E-state index is 0.270. The maximum Gasteiger partial charge on any atom is 0.255 e. The Hall–Kier alpha value is -0.940. The number of aliphatic hydroxyl groups excluding tert-OH is 1. The van der Waals surface area contributed by atoms with Crippen molar-refractivity contribution in [3.63, 3.8) is 0 Å². The molecule has 0 aliphatic rings. The molecule has 0 saturated carbocycles. The second-order valence-corrected chi connectivity index (χ2v) is 3.74. The van der Waals surface area contributed by atoms with Crippen LogP contribution in [0.2, 0.25) is 0 Å². The molecule has 0 aliphatic heterocycles. The largest absolute Gasteiger partial charge is 0.383 e. The summed E-state index contributed by atoms with van der Waals surface area (Å²) in [6, 6.07) is 0. The zero-order chi connectivity index (χ0) is 10.6. The molecule has 0 radical (unpaired) electrons. The van der Waals surface area contributed by atoms with Gasteiger partial charge in [-0.3, -0.25) is 0 Å². The molecular formula is C9H17N3O2. The molecule has 5 heteroatoms. The van der Waals surface area contributed by atoms with Crippen LogP contribution in [-0.4, -0.2) is 21.8 Å². The predicted molar refractivity (Wildman–Crippen MR) is 51.5 cm³/mol. The fourth-order valence-electron chi connectivity index (χ4n) is 1.13. The number of aliphatic hydroxyl groups is 1.